The number of hydrogen-bond donors (Lipinski definition) is 1. The molecule has 1 aromatic carbocycles. The van der Waals surface area contributed by atoms with Gasteiger partial charge in [0.1, 0.15) is 11.5 Å². The highest BCUT2D eigenvalue weighted by Gasteiger charge is 2.11. The van der Waals surface area contributed by atoms with E-state index in [9.17, 15) is 0 Å². The third kappa shape index (κ3) is 4.09. The number of benzene rings is 1. The van der Waals surface area contributed by atoms with Gasteiger partial charge >= 0.3 is 0 Å². The number of hydrogen-bond acceptors (Lipinski definition) is 6. The van der Waals surface area contributed by atoms with Crippen LogP contribution in [0.5, 0.6) is 11.5 Å². The Morgan fingerprint density at radius 2 is 2.05 bits per heavy atom. The summed E-state index contributed by atoms with van der Waals surface area (Å²) in [5.41, 5.74) is 6.82. The van der Waals surface area contributed by atoms with Crippen LogP contribution >= 0.6 is 11.3 Å². The molecule has 6 heteroatoms. The first-order valence-corrected chi connectivity index (χ1v) is 7.61. The quantitative estimate of drug-likeness (QED) is 0.852. The Kier molecular flexibility index (Phi) is 5.41. The molecule has 21 heavy (non-hydrogen) atoms. The lowest BCUT2D eigenvalue weighted by Crippen LogP contribution is -2.22. The fraction of sp³-hybridized carbons (Fsp3) is 0.400. The van der Waals surface area contributed by atoms with E-state index in [1.54, 1.807) is 14.2 Å². The molecule has 0 aliphatic carbocycles. The number of nitrogens with zero attached hydrogens (tertiary/aromatic N) is 2. The minimum absolute atomic E-state index is 0.614. The molecule has 2 aromatic rings. The van der Waals surface area contributed by atoms with Crippen LogP contribution in [0.4, 0.5) is 5.13 Å². The van der Waals surface area contributed by atoms with Gasteiger partial charge in [-0.05, 0) is 12.6 Å². The van der Waals surface area contributed by atoms with Gasteiger partial charge in [0.25, 0.3) is 0 Å². The zero-order valence-corrected chi connectivity index (χ0v) is 13.4. The molecule has 0 saturated heterocycles. The Bertz CT molecular complexity index is 586. The molecule has 114 valence electrons. The molecule has 5 nitrogen and oxygen atoms in total. The average molecular weight is 307 g/mol. The number of methoxy groups -OCH3 is 2. The SMILES string of the molecule is CCN(Cc1cnc(N)s1)Cc1ccc(OC)cc1OC. The molecule has 0 atom stereocenters. The summed E-state index contributed by atoms with van der Waals surface area (Å²) in [5, 5.41) is 0.614. The number of thiazole rings is 1. The van der Waals surface area contributed by atoms with Crippen molar-refractivity contribution in [2.24, 2.45) is 0 Å². The molecular formula is C15H21N3O2S. The molecule has 0 amide bonds. The Labute approximate surface area is 129 Å². The Morgan fingerprint density at radius 1 is 1.24 bits per heavy atom. The van der Waals surface area contributed by atoms with Gasteiger partial charge in [-0.1, -0.05) is 13.0 Å². The first-order valence-electron chi connectivity index (χ1n) is 6.79. The van der Waals surface area contributed by atoms with Gasteiger partial charge in [-0.3, -0.25) is 4.90 Å². The second-order valence-electron chi connectivity index (χ2n) is 4.65. The highest BCUT2D eigenvalue weighted by molar-refractivity contribution is 7.15. The van der Waals surface area contributed by atoms with E-state index in [2.05, 4.69) is 16.8 Å². The van der Waals surface area contributed by atoms with Crippen molar-refractivity contribution in [1.82, 2.24) is 9.88 Å². The Balaban J connectivity index is 2.10. The molecule has 0 unspecified atom stereocenters. The van der Waals surface area contributed by atoms with Crippen LogP contribution in [0.1, 0.15) is 17.4 Å². The standard InChI is InChI=1S/C15H21N3O2S/c1-4-18(10-13-8-17-15(16)21-13)9-11-5-6-12(19-2)7-14(11)20-3/h5-8H,4,9-10H2,1-3H3,(H2,16,17). The van der Waals surface area contributed by atoms with E-state index in [0.29, 0.717) is 5.13 Å². The summed E-state index contributed by atoms with van der Waals surface area (Å²) in [4.78, 5) is 7.58. The maximum atomic E-state index is 5.68. The number of aromatic nitrogens is 1. The summed E-state index contributed by atoms with van der Waals surface area (Å²) in [6.07, 6.45) is 1.84. The van der Waals surface area contributed by atoms with Crippen LogP contribution in [0.2, 0.25) is 0 Å². The average Bonchev–Trinajstić information content (AvgIpc) is 2.92. The first kappa shape index (κ1) is 15.6. The number of anilines is 1. The molecule has 0 radical (unpaired) electrons. The van der Waals surface area contributed by atoms with E-state index in [0.717, 1.165) is 36.7 Å². The lowest BCUT2D eigenvalue weighted by atomic mass is 10.1. The monoisotopic (exact) mass is 307 g/mol. The molecule has 0 aliphatic heterocycles. The summed E-state index contributed by atoms with van der Waals surface area (Å²) >= 11 is 1.53. The van der Waals surface area contributed by atoms with Crippen LogP contribution in [0, 0.1) is 0 Å². The third-order valence-electron chi connectivity index (χ3n) is 3.29. The summed E-state index contributed by atoms with van der Waals surface area (Å²) < 4.78 is 10.7. The number of nitrogens with two attached hydrogens (primary N) is 1. The number of rotatable bonds is 7. The van der Waals surface area contributed by atoms with Crippen LogP contribution in [0.15, 0.2) is 24.4 Å². The molecule has 0 bridgehead atoms. The lowest BCUT2D eigenvalue weighted by molar-refractivity contribution is 0.268. The van der Waals surface area contributed by atoms with Crippen LogP contribution in [-0.2, 0) is 13.1 Å². The van der Waals surface area contributed by atoms with E-state index >= 15 is 0 Å². The molecule has 0 saturated carbocycles. The molecule has 0 fully saturated rings. The van der Waals surface area contributed by atoms with E-state index in [-0.39, 0.29) is 0 Å². The van der Waals surface area contributed by atoms with Crippen molar-refractivity contribution in [2.45, 2.75) is 20.0 Å². The van der Waals surface area contributed by atoms with Crippen molar-refractivity contribution in [2.75, 3.05) is 26.5 Å². The highest BCUT2D eigenvalue weighted by Crippen LogP contribution is 2.26. The largest absolute Gasteiger partial charge is 0.497 e. The second kappa shape index (κ2) is 7.28. The Morgan fingerprint density at radius 3 is 2.62 bits per heavy atom. The summed E-state index contributed by atoms with van der Waals surface area (Å²) in [6, 6.07) is 5.91. The summed E-state index contributed by atoms with van der Waals surface area (Å²) in [5.74, 6) is 1.64. The van der Waals surface area contributed by atoms with Crippen molar-refractivity contribution in [3.8, 4) is 11.5 Å². The molecule has 0 aliphatic rings. The lowest BCUT2D eigenvalue weighted by Gasteiger charge is -2.21. The third-order valence-corrected chi connectivity index (χ3v) is 4.10. The van der Waals surface area contributed by atoms with Gasteiger partial charge in [0.2, 0.25) is 0 Å². The van der Waals surface area contributed by atoms with Crippen LogP contribution in [0.3, 0.4) is 0 Å². The van der Waals surface area contributed by atoms with Crippen molar-refractivity contribution in [3.05, 3.63) is 34.8 Å². The van der Waals surface area contributed by atoms with Crippen LogP contribution in [-0.4, -0.2) is 30.6 Å². The molecule has 2 N–H and O–H groups in total. The van der Waals surface area contributed by atoms with Crippen molar-refractivity contribution >= 4 is 16.5 Å². The van der Waals surface area contributed by atoms with Gasteiger partial charge in [0, 0.05) is 35.8 Å². The van der Waals surface area contributed by atoms with Crippen molar-refractivity contribution in [3.63, 3.8) is 0 Å². The number of nitrogen functional groups attached to an aromatic ring is 1. The van der Waals surface area contributed by atoms with Gasteiger partial charge in [-0.15, -0.1) is 11.3 Å². The maximum absolute atomic E-state index is 5.68. The minimum atomic E-state index is 0.614. The second-order valence-corrected chi connectivity index (χ2v) is 5.79. The molecule has 1 aromatic heterocycles. The Hall–Kier alpha value is -1.79. The summed E-state index contributed by atoms with van der Waals surface area (Å²) in [7, 11) is 3.33. The highest BCUT2D eigenvalue weighted by atomic mass is 32.1. The van der Waals surface area contributed by atoms with Crippen LogP contribution < -0.4 is 15.2 Å². The predicted molar refractivity (Wildman–Crippen MR) is 85.9 cm³/mol. The zero-order chi connectivity index (χ0) is 15.2. The maximum Gasteiger partial charge on any atom is 0.180 e. The zero-order valence-electron chi connectivity index (χ0n) is 12.6. The molecule has 2 rings (SSSR count). The van der Waals surface area contributed by atoms with E-state index < -0.39 is 0 Å². The molecular weight excluding hydrogens is 286 g/mol. The van der Waals surface area contributed by atoms with Gasteiger partial charge < -0.3 is 15.2 Å². The van der Waals surface area contributed by atoms with Crippen LogP contribution in [0.25, 0.3) is 0 Å². The topological polar surface area (TPSA) is 60.6 Å². The molecule has 1 heterocycles. The van der Waals surface area contributed by atoms with E-state index in [1.807, 2.05) is 24.4 Å². The van der Waals surface area contributed by atoms with Gasteiger partial charge in [0.15, 0.2) is 5.13 Å². The fourth-order valence-corrected chi connectivity index (χ4v) is 2.85. The smallest absolute Gasteiger partial charge is 0.180 e. The fourth-order valence-electron chi connectivity index (χ4n) is 2.12. The van der Waals surface area contributed by atoms with Gasteiger partial charge in [-0.25, -0.2) is 4.98 Å². The minimum Gasteiger partial charge on any atom is -0.497 e. The van der Waals surface area contributed by atoms with E-state index in [4.69, 9.17) is 15.2 Å². The van der Waals surface area contributed by atoms with Crippen molar-refractivity contribution in [1.29, 1.82) is 0 Å². The first-order chi connectivity index (χ1) is 10.2. The summed E-state index contributed by atoms with van der Waals surface area (Å²) in [6.45, 7) is 4.72. The molecule has 0 spiro atoms. The normalized spacial score (nSPS) is 10.9. The van der Waals surface area contributed by atoms with Gasteiger partial charge in [0.05, 0.1) is 14.2 Å². The van der Waals surface area contributed by atoms with E-state index in [1.165, 1.54) is 16.2 Å². The predicted octanol–water partition coefficient (Wildman–Crippen LogP) is 2.76. The van der Waals surface area contributed by atoms with Crippen molar-refractivity contribution < 1.29 is 9.47 Å². The number of ether oxygens (including phenoxy) is 2. The van der Waals surface area contributed by atoms with Gasteiger partial charge in [-0.2, -0.15) is 0 Å².